The molecule has 0 radical (unpaired) electrons. The second-order valence-corrected chi connectivity index (χ2v) is 10.4. The molecular formula is C24H30N2O5S. The monoisotopic (exact) mass is 458 g/mol. The fraction of sp³-hybridized carbons (Fsp3) is 0.458. The predicted molar refractivity (Wildman–Crippen MR) is 121 cm³/mol. The zero-order chi connectivity index (χ0) is 22.7. The number of aryl methyl sites for hydroxylation is 2. The van der Waals surface area contributed by atoms with Gasteiger partial charge in [0.2, 0.25) is 10.0 Å². The van der Waals surface area contributed by atoms with Crippen molar-refractivity contribution in [1.29, 1.82) is 0 Å². The third-order valence-electron chi connectivity index (χ3n) is 6.20. The van der Waals surface area contributed by atoms with Gasteiger partial charge in [0.25, 0.3) is 5.91 Å². The summed E-state index contributed by atoms with van der Waals surface area (Å²) in [4.78, 5) is 14.9. The number of hydrogen-bond acceptors (Lipinski definition) is 5. The summed E-state index contributed by atoms with van der Waals surface area (Å²) in [5.41, 5.74) is 2.57. The first kappa shape index (κ1) is 22.8. The molecule has 2 aromatic rings. The van der Waals surface area contributed by atoms with E-state index in [0.29, 0.717) is 35.9 Å². The highest BCUT2D eigenvalue weighted by atomic mass is 32.2. The minimum Gasteiger partial charge on any atom is -0.491 e. The fourth-order valence-corrected chi connectivity index (χ4v) is 5.50. The number of carbonyl (C=O) groups excluding carboxylic acids is 1. The number of nitrogens with zero attached hydrogens (tertiary/aromatic N) is 2. The van der Waals surface area contributed by atoms with E-state index in [1.807, 2.05) is 19.9 Å². The van der Waals surface area contributed by atoms with Gasteiger partial charge in [-0.1, -0.05) is 6.07 Å². The third-order valence-corrected chi connectivity index (χ3v) is 8.10. The van der Waals surface area contributed by atoms with Gasteiger partial charge < -0.3 is 14.4 Å². The van der Waals surface area contributed by atoms with Gasteiger partial charge in [-0.05, 0) is 74.2 Å². The third kappa shape index (κ3) is 4.98. The molecule has 4 rings (SSSR count). The van der Waals surface area contributed by atoms with Gasteiger partial charge in [0.1, 0.15) is 12.4 Å². The van der Waals surface area contributed by atoms with E-state index in [-0.39, 0.29) is 25.1 Å². The van der Waals surface area contributed by atoms with Crippen LogP contribution in [-0.4, -0.2) is 69.0 Å². The number of hydrogen-bond donors (Lipinski definition) is 0. The van der Waals surface area contributed by atoms with E-state index in [1.54, 1.807) is 41.3 Å². The van der Waals surface area contributed by atoms with E-state index in [1.165, 1.54) is 4.31 Å². The van der Waals surface area contributed by atoms with E-state index < -0.39 is 10.0 Å². The van der Waals surface area contributed by atoms with Crippen molar-refractivity contribution >= 4 is 15.9 Å². The molecule has 1 amide bonds. The summed E-state index contributed by atoms with van der Waals surface area (Å²) < 4.78 is 38.8. The molecule has 2 fully saturated rings. The fourth-order valence-electron chi connectivity index (χ4n) is 4.00. The molecule has 0 spiro atoms. The normalized spacial score (nSPS) is 19.8. The van der Waals surface area contributed by atoms with Gasteiger partial charge in [-0.2, -0.15) is 4.31 Å². The molecule has 0 bridgehead atoms. The van der Waals surface area contributed by atoms with E-state index in [9.17, 15) is 13.2 Å². The SMILES string of the molecule is Cc1ccc(S(=O)(=O)N2CCN(C(=O)c3ccc(OC[C@H]4CCCO4)cc3)CC2)cc1C. The molecule has 0 N–H and O–H groups in total. The summed E-state index contributed by atoms with van der Waals surface area (Å²) in [5, 5.41) is 0. The maximum absolute atomic E-state index is 13.0. The second kappa shape index (κ2) is 9.60. The first-order valence-electron chi connectivity index (χ1n) is 11.1. The lowest BCUT2D eigenvalue weighted by molar-refractivity contribution is 0.0676. The van der Waals surface area contributed by atoms with Crippen molar-refractivity contribution in [2.75, 3.05) is 39.4 Å². The van der Waals surface area contributed by atoms with Crippen LogP contribution in [0.25, 0.3) is 0 Å². The smallest absolute Gasteiger partial charge is 0.253 e. The standard InChI is InChI=1S/C24H30N2O5S/c1-18-5-10-23(16-19(18)2)32(28,29)26-13-11-25(12-14-26)24(27)20-6-8-21(9-7-20)31-17-22-4-3-15-30-22/h5-10,16,22H,3-4,11-15,17H2,1-2H3/t22-/m1/s1. The summed E-state index contributed by atoms with van der Waals surface area (Å²) in [6, 6.07) is 12.3. The van der Waals surface area contributed by atoms with Crippen LogP contribution in [0.5, 0.6) is 5.75 Å². The van der Waals surface area contributed by atoms with E-state index >= 15 is 0 Å². The van der Waals surface area contributed by atoms with Gasteiger partial charge in [0.05, 0.1) is 11.0 Å². The van der Waals surface area contributed by atoms with Crippen LogP contribution in [0.2, 0.25) is 0 Å². The molecular weight excluding hydrogens is 428 g/mol. The Morgan fingerprint density at radius 1 is 1.03 bits per heavy atom. The van der Waals surface area contributed by atoms with Crippen LogP contribution < -0.4 is 4.74 Å². The molecule has 2 heterocycles. The number of carbonyl (C=O) groups is 1. The first-order chi connectivity index (χ1) is 15.3. The number of ether oxygens (including phenoxy) is 2. The van der Waals surface area contributed by atoms with Crippen LogP contribution in [0, 0.1) is 13.8 Å². The van der Waals surface area contributed by atoms with E-state index in [2.05, 4.69) is 0 Å². The van der Waals surface area contributed by atoms with Crippen LogP contribution in [0.4, 0.5) is 0 Å². The molecule has 2 aliphatic rings. The Hall–Kier alpha value is -2.42. The van der Waals surface area contributed by atoms with E-state index in [4.69, 9.17) is 9.47 Å². The van der Waals surface area contributed by atoms with Gasteiger partial charge in [0, 0.05) is 38.3 Å². The lowest BCUT2D eigenvalue weighted by atomic mass is 10.1. The molecule has 0 aromatic heterocycles. The molecule has 2 aromatic carbocycles. The molecule has 172 valence electrons. The number of piperazine rings is 1. The van der Waals surface area contributed by atoms with Crippen molar-refractivity contribution in [1.82, 2.24) is 9.21 Å². The Morgan fingerprint density at radius 2 is 1.75 bits per heavy atom. The Labute approximate surface area is 190 Å². The summed E-state index contributed by atoms with van der Waals surface area (Å²) in [6.07, 6.45) is 2.23. The Balaban J connectivity index is 1.33. The average Bonchev–Trinajstić information content (AvgIpc) is 3.33. The van der Waals surface area contributed by atoms with Crippen molar-refractivity contribution in [2.45, 2.75) is 37.7 Å². The van der Waals surface area contributed by atoms with Crippen LogP contribution in [0.15, 0.2) is 47.4 Å². The molecule has 2 aliphatic heterocycles. The van der Waals surface area contributed by atoms with Crippen LogP contribution in [0.3, 0.4) is 0 Å². The minimum absolute atomic E-state index is 0.0982. The summed E-state index contributed by atoms with van der Waals surface area (Å²) in [5.74, 6) is 0.611. The number of sulfonamides is 1. The lowest BCUT2D eigenvalue weighted by Gasteiger charge is -2.34. The quantitative estimate of drug-likeness (QED) is 0.665. The van der Waals surface area contributed by atoms with Crippen LogP contribution >= 0.6 is 0 Å². The number of benzene rings is 2. The largest absolute Gasteiger partial charge is 0.491 e. The maximum atomic E-state index is 13.0. The minimum atomic E-state index is -3.57. The second-order valence-electron chi connectivity index (χ2n) is 8.41. The highest BCUT2D eigenvalue weighted by Crippen LogP contribution is 2.22. The van der Waals surface area contributed by atoms with Crippen molar-refractivity contribution in [3.8, 4) is 5.75 Å². The van der Waals surface area contributed by atoms with Crippen LogP contribution in [-0.2, 0) is 14.8 Å². The number of rotatable bonds is 6. The number of amides is 1. The average molecular weight is 459 g/mol. The molecule has 1 atom stereocenters. The molecule has 0 unspecified atom stereocenters. The molecule has 7 nitrogen and oxygen atoms in total. The zero-order valence-electron chi connectivity index (χ0n) is 18.6. The zero-order valence-corrected chi connectivity index (χ0v) is 19.4. The lowest BCUT2D eigenvalue weighted by Crippen LogP contribution is -2.50. The first-order valence-corrected chi connectivity index (χ1v) is 12.5. The van der Waals surface area contributed by atoms with Crippen molar-refractivity contribution in [2.24, 2.45) is 0 Å². The summed E-state index contributed by atoms with van der Waals surface area (Å²) in [7, 11) is -3.57. The topological polar surface area (TPSA) is 76.2 Å². The van der Waals surface area contributed by atoms with Gasteiger partial charge in [-0.15, -0.1) is 0 Å². The molecule has 2 saturated heterocycles. The van der Waals surface area contributed by atoms with E-state index in [0.717, 1.165) is 30.6 Å². The Morgan fingerprint density at radius 3 is 2.38 bits per heavy atom. The molecule has 0 saturated carbocycles. The van der Waals surface area contributed by atoms with Gasteiger partial charge in [-0.3, -0.25) is 4.79 Å². The molecule has 8 heteroatoms. The Bertz CT molecular complexity index is 1050. The van der Waals surface area contributed by atoms with Crippen LogP contribution in [0.1, 0.15) is 34.3 Å². The van der Waals surface area contributed by atoms with Gasteiger partial charge in [0.15, 0.2) is 0 Å². The van der Waals surface area contributed by atoms with Gasteiger partial charge >= 0.3 is 0 Å². The highest BCUT2D eigenvalue weighted by Gasteiger charge is 2.30. The molecule has 0 aliphatic carbocycles. The Kier molecular flexibility index (Phi) is 6.83. The van der Waals surface area contributed by atoms with Crippen molar-refractivity contribution in [3.05, 3.63) is 59.2 Å². The molecule has 32 heavy (non-hydrogen) atoms. The van der Waals surface area contributed by atoms with Gasteiger partial charge in [-0.25, -0.2) is 8.42 Å². The van der Waals surface area contributed by atoms with Crippen molar-refractivity contribution < 1.29 is 22.7 Å². The maximum Gasteiger partial charge on any atom is 0.253 e. The van der Waals surface area contributed by atoms with Crippen molar-refractivity contribution in [3.63, 3.8) is 0 Å². The summed E-state index contributed by atoms with van der Waals surface area (Å²) in [6.45, 7) is 6.46. The highest BCUT2D eigenvalue weighted by molar-refractivity contribution is 7.89. The summed E-state index contributed by atoms with van der Waals surface area (Å²) >= 11 is 0. The predicted octanol–water partition coefficient (Wildman–Crippen LogP) is 3.01.